The summed E-state index contributed by atoms with van der Waals surface area (Å²) in [6, 6.07) is 7.33. The number of carbonyl (C=O) groups excluding carboxylic acids is 1. The standard InChI is InChI=1S/C12H9IN2O2/c1-17-12-10(14-6-7-15-12)11(16)8-4-2-3-5-9(8)13/h2-7H,1H3. The van der Waals surface area contributed by atoms with Gasteiger partial charge in [-0.25, -0.2) is 9.97 Å². The van der Waals surface area contributed by atoms with Crippen molar-refractivity contribution in [3.05, 3.63) is 51.5 Å². The molecule has 86 valence electrons. The zero-order valence-corrected chi connectivity index (χ0v) is 11.2. The Hall–Kier alpha value is -1.50. The Morgan fingerprint density at radius 3 is 2.65 bits per heavy atom. The molecule has 0 amide bonds. The second kappa shape index (κ2) is 5.22. The maximum Gasteiger partial charge on any atom is 0.243 e. The van der Waals surface area contributed by atoms with Gasteiger partial charge in [-0.2, -0.15) is 0 Å². The summed E-state index contributed by atoms with van der Waals surface area (Å²) < 4.78 is 5.91. The number of hydrogen-bond acceptors (Lipinski definition) is 4. The highest BCUT2D eigenvalue weighted by Gasteiger charge is 2.18. The van der Waals surface area contributed by atoms with Gasteiger partial charge in [0.15, 0.2) is 5.69 Å². The number of carbonyl (C=O) groups is 1. The van der Waals surface area contributed by atoms with Gasteiger partial charge in [0, 0.05) is 21.5 Å². The second-order valence-corrected chi connectivity index (χ2v) is 4.39. The zero-order valence-electron chi connectivity index (χ0n) is 9.05. The molecule has 17 heavy (non-hydrogen) atoms. The Morgan fingerprint density at radius 1 is 1.24 bits per heavy atom. The van der Waals surface area contributed by atoms with Crippen LogP contribution >= 0.6 is 22.6 Å². The number of methoxy groups -OCH3 is 1. The number of hydrogen-bond donors (Lipinski definition) is 0. The second-order valence-electron chi connectivity index (χ2n) is 3.22. The summed E-state index contributed by atoms with van der Waals surface area (Å²) >= 11 is 2.12. The highest BCUT2D eigenvalue weighted by molar-refractivity contribution is 14.1. The number of rotatable bonds is 3. The van der Waals surface area contributed by atoms with E-state index in [1.807, 2.05) is 18.2 Å². The summed E-state index contributed by atoms with van der Waals surface area (Å²) in [6.45, 7) is 0. The highest BCUT2D eigenvalue weighted by atomic mass is 127. The molecule has 0 saturated heterocycles. The number of ether oxygens (including phenoxy) is 1. The van der Waals surface area contributed by atoms with Crippen LogP contribution in [0.4, 0.5) is 0 Å². The molecule has 2 aromatic rings. The fourth-order valence-electron chi connectivity index (χ4n) is 1.40. The first kappa shape index (κ1) is 12.0. The van der Waals surface area contributed by atoms with Crippen LogP contribution in [0.5, 0.6) is 5.88 Å². The quantitative estimate of drug-likeness (QED) is 0.636. The minimum atomic E-state index is -0.181. The van der Waals surface area contributed by atoms with Crippen LogP contribution in [0.25, 0.3) is 0 Å². The molecule has 0 fully saturated rings. The summed E-state index contributed by atoms with van der Waals surface area (Å²) in [5.74, 6) is 0.0668. The predicted molar refractivity (Wildman–Crippen MR) is 71.2 cm³/mol. The molecule has 0 N–H and O–H groups in total. The van der Waals surface area contributed by atoms with Crippen LogP contribution in [0.15, 0.2) is 36.7 Å². The fourth-order valence-corrected chi connectivity index (χ4v) is 2.04. The Kier molecular flexibility index (Phi) is 3.68. The first-order chi connectivity index (χ1) is 8.24. The first-order valence-electron chi connectivity index (χ1n) is 4.88. The molecule has 1 aromatic heterocycles. The Bertz CT molecular complexity index is 558. The van der Waals surface area contributed by atoms with Gasteiger partial charge in [-0.05, 0) is 34.7 Å². The smallest absolute Gasteiger partial charge is 0.243 e. The molecule has 5 heteroatoms. The lowest BCUT2D eigenvalue weighted by molar-refractivity contribution is 0.102. The molecule has 2 rings (SSSR count). The van der Waals surface area contributed by atoms with Crippen molar-refractivity contribution >= 4 is 28.4 Å². The average Bonchev–Trinajstić information content (AvgIpc) is 2.38. The van der Waals surface area contributed by atoms with Crippen LogP contribution in [0.1, 0.15) is 16.1 Å². The van der Waals surface area contributed by atoms with Gasteiger partial charge in [0.2, 0.25) is 11.7 Å². The Morgan fingerprint density at radius 2 is 1.94 bits per heavy atom. The van der Waals surface area contributed by atoms with Crippen LogP contribution in [0.2, 0.25) is 0 Å². The van der Waals surface area contributed by atoms with Gasteiger partial charge < -0.3 is 4.74 Å². The lowest BCUT2D eigenvalue weighted by atomic mass is 10.1. The molecule has 0 bridgehead atoms. The van der Waals surface area contributed by atoms with Gasteiger partial charge >= 0.3 is 0 Å². The van der Waals surface area contributed by atoms with Gasteiger partial charge in [0.05, 0.1) is 7.11 Å². The van der Waals surface area contributed by atoms with Gasteiger partial charge in [-0.1, -0.05) is 12.1 Å². The molecular formula is C12H9IN2O2. The van der Waals surface area contributed by atoms with Crippen molar-refractivity contribution in [1.82, 2.24) is 9.97 Å². The van der Waals surface area contributed by atoms with Gasteiger partial charge in [0.1, 0.15) is 0 Å². The molecule has 0 radical (unpaired) electrons. The van der Waals surface area contributed by atoms with Crippen molar-refractivity contribution in [2.45, 2.75) is 0 Å². The van der Waals surface area contributed by atoms with E-state index < -0.39 is 0 Å². The van der Waals surface area contributed by atoms with Crippen molar-refractivity contribution in [1.29, 1.82) is 0 Å². The van der Waals surface area contributed by atoms with E-state index in [0.717, 1.165) is 3.57 Å². The van der Waals surface area contributed by atoms with Crippen molar-refractivity contribution in [3.8, 4) is 5.88 Å². The molecule has 0 saturated carbocycles. The van der Waals surface area contributed by atoms with Crippen molar-refractivity contribution in [2.75, 3.05) is 7.11 Å². The van der Waals surface area contributed by atoms with Gasteiger partial charge in [-0.15, -0.1) is 0 Å². The molecule has 1 heterocycles. The molecule has 0 aliphatic carbocycles. The normalized spacial score (nSPS) is 10.0. The largest absolute Gasteiger partial charge is 0.479 e. The molecular weight excluding hydrogens is 331 g/mol. The van der Waals surface area contributed by atoms with Crippen molar-refractivity contribution in [2.24, 2.45) is 0 Å². The number of aromatic nitrogens is 2. The van der Waals surface area contributed by atoms with Crippen LogP contribution < -0.4 is 4.74 Å². The summed E-state index contributed by atoms with van der Waals surface area (Å²) in [5.41, 5.74) is 0.839. The summed E-state index contributed by atoms with van der Waals surface area (Å²) in [5, 5.41) is 0. The predicted octanol–water partition coefficient (Wildman–Crippen LogP) is 2.32. The van der Waals surface area contributed by atoms with Crippen LogP contribution in [-0.4, -0.2) is 22.9 Å². The minimum Gasteiger partial charge on any atom is -0.479 e. The third-order valence-electron chi connectivity index (χ3n) is 2.19. The van der Waals surface area contributed by atoms with Crippen LogP contribution in [0.3, 0.4) is 0 Å². The molecule has 1 aromatic carbocycles. The monoisotopic (exact) mass is 340 g/mol. The third kappa shape index (κ3) is 2.44. The SMILES string of the molecule is COc1nccnc1C(=O)c1ccccc1I. The number of benzene rings is 1. The van der Waals surface area contributed by atoms with Crippen molar-refractivity contribution in [3.63, 3.8) is 0 Å². The topological polar surface area (TPSA) is 52.1 Å². The molecule has 0 unspecified atom stereocenters. The molecule has 4 nitrogen and oxygen atoms in total. The van der Waals surface area contributed by atoms with E-state index in [2.05, 4.69) is 32.6 Å². The lowest BCUT2D eigenvalue weighted by Gasteiger charge is -2.06. The van der Waals surface area contributed by atoms with Gasteiger partial charge in [-0.3, -0.25) is 4.79 Å². The Labute approximate surface area is 112 Å². The van der Waals surface area contributed by atoms with E-state index in [9.17, 15) is 4.79 Å². The zero-order chi connectivity index (χ0) is 12.3. The summed E-state index contributed by atoms with van der Waals surface area (Å²) in [6.07, 6.45) is 2.97. The van der Waals surface area contributed by atoms with E-state index in [1.165, 1.54) is 19.5 Å². The maximum atomic E-state index is 12.3. The summed E-state index contributed by atoms with van der Waals surface area (Å²) in [4.78, 5) is 20.3. The maximum absolute atomic E-state index is 12.3. The average molecular weight is 340 g/mol. The molecule has 0 aliphatic heterocycles. The third-order valence-corrected chi connectivity index (χ3v) is 3.13. The summed E-state index contributed by atoms with van der Waals surface area (Å²) in [7, 11) is 1.47. The molecule has 0 atom stereocenters. The van der Waals surface area contributed by atoms with Crippen LogP contribution in [-0.2, 0) is 0 Å². The highest BCUT2D eigenvalue weighted by Crippen LogP contribution is 2.19. The molecule has 0 aliphatic rings. The van der Waals surface area contributed by atoms with E-state index in [4.69, 9.17) is 4.74 Å². The Balaban J connectivity index is 2.48. The number of ketones is 1. The fraction of sp³-hybridized carbons (Fsp3) is 0.0833. The number of halogens is 1. The first-order valence-corrected chi connectivity index (χ1v) is 5.96. The van der Waals surface area contributed by atoms with Crippen LogP contribution in [0, 0.1) is 3.57 Å². The van der Waals surface area contributed by atoms with Crippen molar-refractivity contribution < 1.29 is 9.53 Å². The molecule has 0 spiro atoms. The van der Waals surface area contributed by atoms with Gasteiger partial charge in [0.25, 0.3) is 0 Å². The number of nitrogens with zero attached hydrogens (tertiary/aromatic N) is 2. The lowest BCUT2D eigenvalue weighted by Crippen LogP contribution is -2.09. The minimum absolute atomic E-state index is 0.181. The van der Waals surface area contributed by atoms with E-state index in [-0.39, 0.29) is 17.4 Å². The van der Waals surface area contributed by atoms with E-state index in [1.54, 1.807) is 6.07 Å². The van der Waals surface area contributed by atoms with E-state index in [0.29, 0.717) is 5.56 Å². The van der Waals surface area contributed by atoms with E-state index >= 15 is 0 Å².